The monoisotopic (exact) mass is 352 g/mol. The molecule has 1 heterocycles. The molecule has 136 valence electrons. The van der Waals surface area contributed by atoms with Gasteiger partial charge in [-0.05, 0) is 23.3 Å². The Kier molecular flexibility index (Phi) is 5.89. The molecule has 0 saturated carbocycles. The Labute approximate surface area is 154 Å². The first-order valence-electron chi connectivity index (χ1n) is 8.88. The average molecular weight is 352 g/mol. The summed E-state index contributed by atoms with van der Waals surface area (Å²) in [6.07, 6.45) is 1.05. The van der Waals surface area contributed by atoms with Gasteiger partial charge in [-0.2, -0.15) is 0 Å². The third-order valence-corrected chi connectivity index (χ3v) is 4.43. The van der Waals surface area contributed by atoms with Crippen LogP contribution >= 0.6 is 0 Å². The van der Waals surface area contributed by atoms with E-state index in [1.54, 1.807) is 7.11 Å². The molecule has 0 fully saturated rings. The van der Waals surface area contributed by atoms with Crippen molar-refractivity contribution in [3.63, 3.8) is 0 Å². The maximum atomic E-state index is 12.4. The molecule has 0 spiro atoms. The van der Waals surface area contributed by atoms with Crippen LogP contribution in [0.25, 0.3) is 0 Å². The molecule has 5 nitrogen and oxygen atoms in total. The van der Waals surface area contributed by atoms with Gasteiger partial charge >= 0.3 is 0 Å². The summed E-state index contributed by atoms with van der Waals surface area (Å²) in [6.45, 7) is 2.93. The molecule has 26 heavy (non-hydrogen) atoms. The number of amides is 1. The minimum absolute atomic E-state index is 0.101. The van der Waals surface area contributed by atoms with Crippen LogP contribution in [0.4, 0.5) is 0 Å². The van der Waals surface area contributed by atoms with Gasteiger partial charge in [-0.15, -0.1) is 0 Å². The fraction of sp³-hybridized carbons (Fsp3) is 0.333. The molecule has 0 aromatic heterocycles. The van der Waals surface area contributed by atoms with E-state index in [0.29, 0.717) is 25.9 Å². The molecule has 5 heteroatoms. The van der Waals surface area contributed by atoms with E-state index in [1.807, 2.05) is 66.4 Å². The number of rotatable bonds is 7. The average Bonchev–Trinajstić information content (AvgIpc) is 3.16. The summed E-state index contributed by atoms with van der Waals surface area (Å²) in [5, 5.41) is 4.22. The van der Waals surface area contributed by atoms with Crippen molar-refractivity contribution in [2.24, 2.45) is 5.16 Å². The normalized spacial score (nSPS) is 15.9. The number of oxime groups is 1. The third-order valence-electron chi connectivity index (χ3n) is 4.43. The number of hydrogen-bond donors (Lipinski definition) is 0. The van der Waals surface area contributed by atoms with Gasteiger partial charge in [0.05, 0.1) is 19.4 Å². The lowest BCUT2D eigenvalue weighted by atomic mass is 10.0. The number of carbonyl (C=O) groups is 1. The Morgan fingerprint density at radius 2 is 2.04 bits per heavy atom. The van der Waals surface area contributed by atoms with Crippen LogP contribution in [0.15, 0.2) is 59.8 Å². The smallest absolute Gasteiger partial charge is 0.222 e. The summed E-state index contributed by atoms with van der Waals surface area (Å²) in [6, 6.07) is 17.8. The van der Waals surface area contributed by atoms with Crippen molar-refractivity contribution in [3.05, 3.63) is 65.7 Å². The van der Waals surface area contributed by atoms with Crippen LogP contribution < -0.4 is 4.74 Å². The minimum atomic E-state index is -0.119. The van der Waals surface area contributed by atoms with Crippen molar-refractivity contribution in [1.29, 1.82) is 0 Å². The Morgan fingerprint density at radius 1 is 1.23 bits per heavy atom. The minimum Gasteiger partial charge on any atom is -0.497 e. The van der Waals surface area contributed by atoms with E-state index in [-0.39, 0.29) is 12.0 Å². The van der Waals surface area contributed by atoms with Gasteiger partial charge in [0.25, 0.3) is 0 Å². The van der Waals surface area contributed by atoms with E-state index in [1.165, 1.54) is 0 Å². The van der Waals surface area contributed by atoms with E-state index < -0.39 is 0 Å². The zero-order chi connectivity index (χ0) is 18.4. The van der Waals surface area contributed by atoms with Gasteiger partial charge in [-0.25, -0.2) is 0 Å². The Bertz CT molecular complexity index is 774. The van der Waals surface area contributed by atoms with E-state index >= 15 is 0 Å². The van der Waals surface area contributed by atoms with E-state index in [2.05, 4.69) is 5.16 Å². The molecule has 2 aromatic carbocycles. The Balaban J connectivity index is 1.65. The highest BCUT2D eigenvalue weighted by molar-refractivity contribution is 6.01. The summed E-state index contributed by atoms with van der Waals surface area (Å²) in [5.74, 6) is 0.891. The highest BCUT2D eigenvalue weighted by atomic mass is 16.6. The Morgan fingerprint density at radius 3 is 2.77 bits per heavy atom. The van der Waals surface area contributed by atoms with E-state index in [4.69, 9.17) is 9.57 Å². The van der Waals surface area contributed by atoms with Gasteiger partial charge < -0.3 is 14.5 Å². The van der Waals surface area contributed by atoms with Gasteiger partial charge in [0, 0.05) is 19.4 Å². The molecule has 0 bridgehead atoms. The topological polar surface area (TPSA) is 51.1 Å². The Hall–Kier alpha value is -2.82. The second-order valence-electron chi connectivity index (χ2n) is 6.31. The number of methoxy groups -OCH3 is 1. The lowest BCUT2D eigenvalue weighted by Crippen LogP contribution is -2.36. The van der Waals surface area contributed by atoms with Crippen LogP contribution in [0.3, 0.4) is 0 Å². The van der Waals surface area contributed by atoms with Crippen molar-refractivity contribution in [1.82, 2.24) is 4.90 Å². The highest BCUT2D eigenvalue weighted by Gasteiger charge is 2.26. The first-order chi connectivity index (χ1) is 12.7. The van der Waals surface area contributed by atoms with Crippen molar-refractivity contribution in [3.8, 4) is 5.75 Å². The zero-order valence-electron chi connectivity index (χ0n) is 15.2. The SMILES string of the molecule is CCC(=O)N(Cc1cccc(OC)c1)CC1CC(c2ccccc2)=NO1. The number of carbonyl (C=O) groups excluding carboxylic acids is 1. The molecular formula is C21H24N2O3. The van der Waals surface area contributed by atoms with E-state index in [0.717, 1.165) is 22.6 Å². The molecule has 1 atom stereocenters. The van der Waals surface area contributed by atoms with Gasteiger partial charge in [-0.3, -0.25) is 4.79 Å². The van der Waals surface area contributed by atoms with E-state index in [9.17, 15) is 4.79 Å². The first-order valence-corrected chi connectivity index (χ1v) is 8.88. The number of benzene rings is 2. The molecule has 1 aliphatic heterocycles. The molecule has 0 saturated heterocycles. The number of nitrogens with zero attached hydrogens (tertiary/aromatic N) is 2. The predicted octanol–water partition coefficient (Wildman–Crippen LogP) is 3.63. The second-order valence-corrected chi connectivity index (χ2v) is 6.31. The molecule has 1 aliphatic rings. The quantitative estimate of drug-likeness (QED) is 0.765. The molecule has 0 radical (unpaired) electrons. The van der Waals surface area contributed by atoms with Crippen molar-refractivity contribution in [2.45, 2.75) is 32.4 Å². The lowest BCUT2D eigenvalue weighted by Gasteiger charge is -2.24. The maximum absolute atomic E-state index is 12.4. The summed E-state index contributed by atoms with van der Waals surface area (Å²) in [7, 11) is 1.64. The molecule has 1 unspecified atom stereocenters. The number of ether oxygens (including phenoxy) is 1. The van der Waals surface area contributed by atoms with Crippen LogP contribution in [-0.4, -0.2) is 36.3 Å². The van der Waals surface area contributed by atoms with Gasteiger partial charge in [0.1, 0.15) is 5.75 Å². The number of hydrogen-bond acceptors (Lipinski definition) is 4. The van der Waals surface area contributed by atoms with Crippen molar-refractivity contribution < 1.29 is 14.4 Å². The zero-order valence-corrected chi connectivity index (χ0v) is 15.2. The summed E-state index contributed by atoms with van der Waals surface area (Å²) in [5.41, 5.74) is 3.03. The largest absolute Gasteiger partial charge is 0.497 e. The summed E-state index contributed by atoms with van der Waals surface area (Å²) in [4.78, 5) is 19.8. The van der Waals surface area contributed by atoms with Gasteiger partial charge in [0.15, 0.2) is 6.10 Å². The van der Waals surface area contributed by atoms with Crippen LogP contribution in [-0.2, 0) is 16.2 Å². The van der Waals surface area contributed by atoms with Crippen LogP contribution in [0.2, 0.25) is 0 Å². The van der Waals surface area contributed by atoms with Crippen LogP contribution in [0.1, 0.15) is 30.9 Å². The molecule has 2 aromatic rings. The standard InChI is InChI=1S/C21H24N2O3/c1-3-21(24)23(14-16-8-7-11-18(12-16)25-2)15-19-13-20(22-26-19)17-9-5-4-6-10-17/h4-12,19H,3,13-15H2,1-2H3. The highest BCUT2D eigenvalue weighted by Crippen LogP contribution is 2.20. The summed E-state index contributed by atoms with van der Waals surface area (Å²) < 4.78 is 5.27. The van der Waals surface area contributed by atoms with Gasteiger partial charge in [0.2, 0.25) is 5.91 Å². The van der Waals surface area contributed by atoms with Crippen LogP contribution in [0, 0.1) is 0 Å². The first kappa shape index (κ1) is 18.0. The van der Waals surface area contributed by atoms with Gasteiger partial charge in [-0.1, -0.05) is 54.5 Å². The molecule has 3 rings (SSSR count). The third kappa shape index (κ3) is 4.42. The molecule has 1 amide bonds. The van der Waals surface area contributed by atoms with Crippen molar-refractivity contribution in [2.75, 3.05) is 13.7 Å². The fourth-order valence-corrected chi connectivity index (χ4v) is 3.04. The fourth-order valence-electron chi connectivity index (χ4n) is 3.04. The molecule has 0 aliphatic carbocycles. The lowest BCUT2D eigenvalue weighted by molar-refractivity contribution is -0.133. The maximum Gasteiger partial charge on any atom is 0.222 e. The molecular weight excluding hydrogens is 328 g/mol. The second kappa shape index (κ2) is 8.52. The predicted molar refractivity (Wildman–Crippen MR) is 101 cm³/mol. The van der Waals surface area contributed by atoms with Crippen molar-refractivity contribution >= 4 is 11.6 Å². The van der Waals surface area contributed by atoms with Crippen LogP contribution in [0.5, 0.6) is 5.75 Å². The molecule has 0 N–H and O–H groups in total. The summed E-state index contributed by atoms with van der Waals surface area (Å²) >= 11 is 0.